The fourth-order valence-corrected chi connectivity index (χ4v) is 6.36. The number of fused-ring (bicyclic) bond motifs is 1. The van der Waals surface area contributed by atoms with E-state index in [0.717, 1.165) is 23.9 Å². The molecule has 1 aliphatic heterocycles. The second-order valence-electron chi connectivity index (χ2n) is 13.4. The van der Waals surface area contributed by atoms with E-state index in [1.807, 2.05) is 20.8 Å². The molecule has 218 valence electrons. The number of aromatic nitrogens is 4. The second kappa shape index (κ2) is 11.4. The zero-order valence-electron chi connectivity index (χ0n) is 25.1. The van der Waals surface area contributed by atoms with E-state index in [-0.39, 0.29) is 24.0 Å². The van der Waals surface area contributed by atoms with Crippen LogP contribution in [0.3, 0.4) is 0 Å². The number of rotatable bonds is 6. The van der Waals surface area contributed by atoms with Gasteiger partial charge in [0.25, 0.3) is 0 Å². The van der Waals surface area contributed by atoms with Gasteiger partial charge in [-0.15, -0.1) is 0 Å². The Morgan fingerprint density at radius 3 is 2.42 bits per heavy atom. The molecule has 2 aromatic heterocycles. The minimum Gasteiger partial charge on any atom is -0.444 e. The van der Waals surface area contributed by atoms with Gasteiger partial charge < -0.3 is 24.4 Å². The Morgan fingerprint density at radius 2 is 1.82 bits per heavy atom. The lowest BCUT2D eigenvalue weighted by Crippen LogP contribution is -2.55. The molecule has 1 amide bonds. The third-order valence-electron chi connectivity index (χ3n) is 9.02. The van der Waals surface area contributed by atoms with Crippen molar-refractivity contribution in [3.63, 3.8) is 0 Å². The van der Waals surface area contributed by atoms with Crippen LogP contribution in [0.1, 0.15) is 92.3 Å². The predicted octanol–water partition coefficient (Wildman–Crippen LogP) is 5.57. The van der Waals surface area contributed by atoms with Gasteiger partial charge in [-0.1, -0.05) is 26.2 Å². The molecular formula is C30H46N8O2. The molecule has 5 rings (SSSR count). The summed E-state index contributed by atoms with van der Waals surface area (Å²) >= 11 is 0. The normalized spacial score (nSPS) is 24.9. The number of carbonyl (C=O) groups is 1. The number of nitrogens with one attached hydrogen (secondary N) is 1. The average Bonchev–Trinajstić information content (AvgIpc) is 3.21. The van der Waals surface area contributed by atoms with Crippen molar-refractivity contribution in [2.75, 3.05) is 29.9 Å². The molecule has 10 nitrogen and oxygen atoms in total. The monoisotopic (exact) mass is 550 g/mol. The molecule has 0 unspecified atom stereocenters. The van der Waals surface area contributed by atoms with E-state index >= 15 is 0 Å². The van der Waals surface area contributed by atoms with Gasteiger partial charge >= 0.3 is 6.09 Å². The van der Waals surface area contributed by atoms with Gasteiger partial charge in [0.2, 0.25) is 11.8 Å². The first-order chi connectivity index (χ1) is 19.0. The van der Waals surface area contributed by atoms with Crippen molar-refractivity contribution in [2.45, 2.75) is 111 Å². The number of carbonyl (C=O) groups excluding carboxylic acids is 1. The van der Waals surface area contributed by atoms with Crippen molar-refractivity contribution < 1.29 is 9.53 Å². The molecule has 2 saturated carbocycles. The number of piperazine rings is 1. The average molecular weight is 551 g/mol. The fourth-order valence-electron chi connectivity index (χ4n) is 6.36. The topological polar surface area (TPSA) is 112 Å². The van der Waals surface area contributed by atoms with Crippen LogP contribution in [0, 0.1) is 29.1 Å². The van der Waals surface area contributed by atoms with Crippen LogP contribution < -0.4 is 10.2 Å². The number of nitrogens with zero attached hydrogens (tertiary/aromatic N) is 7. The first kappa shape index (κ1) is 28.4. The second-order valence-corrected chi connectivity index (χ2v) is 13.4. The highest BCUT2D eigenvalue weighted by atomic mass is 16.6. The van der Waals surface area contributed by atoms with Gasteiger partial charge in [-0.3, -0.25) is 0 Å². The van der Waals surface area contributed by atoms with Crippen LogP contribution in [0.15, 0.2) is 0 Å². The third-order valence-corrected chi connectivity index (χ3v) is 9.02. The molecule has 2 aliphatic carbocycles. The third kappa shape index (κ3) is 6.13. The molecule has 1 saturated heterocycles. The zero-order valence-corrected chi connectivity index (χ0v) is 25.1. The molecule has 0 radical (unpaired) electrons. The highest BCUT2D eigenvalue weighted by Crippen LogP contribution is 2.36. The van der Waals surface area contributed by atoms with Crippen LogP contribution in [0.4, 0.5) is 16.6 Å². The molecule has 3 aliphatic rings. The minimum absolute atomic E-state index is 0.0388. The maximum atomic E-state index is 12.8. The molecule has 40 heavy (non-hydrogen) atoms. The number of nitriles is 1. The molecule has 2 atom stereocenters. The molecule has 10 heteroatoms. The Kier molecular flexibility index (Phi) is 8.12. The van der Waals surface area contributed by atoms with E-state index in [2.05, 4.69) is 51.6 Å². The molecule has 1 N–H and O–H groups in total. The first-order valence-corrected chi connectivity index (χ1v) is 15.2. The Bertz CT molecular complexity index is 1250. The summed E-state index contributed by atoms with van der Waals surface area (Å²) < 4.78 is 7.96. The van der Waals surface area contributed by atoms with Gasteiger partial charge in [-0.05, 0) is 78.1 Å². The van der Waals surface area contributed by atoms with E-state index in [0.29, 0.717) is 42.9 Å². The Labute approximate surface area is 238 Å². The lowest BCUT2D eigenvalue weighted by molar-refractivity contribution is 0.0217. The van der Waals surface area contributed by atoms with Crippen molar-refractivity contribution >= 4 is 29.0 Å². The highest BCUT2D eigenvalue weighted by Gasteiger charge is 2.34. The molecule has 0 spiro atoms. The van der Waals surface area contributed by atoms with Crippen LogP contribution in [0.2, 0.25) is 0 Å². The summed E-state index contributed by atoms with van der Waals surface area (Å²) in [5.74, 6) is 3.66. The zero-order chi connectivity index (χ0) is 28.6. The number of hydrogen-bond acceptors (Lipinski definition) is 8. The van der Waals surface area contributed by atoms with Crippen molar-refractivity contribution in [1.82, 2.24) is 24.4 Å². The summed E-state index contributed by atoms with van der Waals surface area (Å²) in [6.45, 7) is 15.0. The molecule has 0 bridgehead atoms. The summed E-state index contributed by atoms with van der Waals surface area (Å²) in [6, 6.07) is 2.45. The molecule has 0 aromatic carbocycles. The lowest BCUT2D eigenvalue weighted by Gasteiger charge is -2.41. The van der Waals surface area contributed by atoms with Crippen LogP contribution >= 0.6 is 0 Å². The SMILES string of the molecule is CC1CCC(Cn2c(N3CCN(C(=O)OC(C)(C)C)C[C@H]3C)nc3nc(C#N)nc(N[C@H](C)C4CCC4)c32)CC1. The first-order valence-electron chi connectivity index (χ1n) is 15.2. The standard InChI is InChI=1S/C30H46N8O2/c1-19-10-12-22(13-11-19)18-38-25-26(32-21(3)23-8-7-9-23)33-24(16-31)34-27(25)35-28(38)37-15-14-36(17-20(37)2)29(39)40-30(4,5)6/h19-23H,7-15,17-18H2,1-6H3,(H,32,33,34)/t19?,20-,21-,22?/m1/s1. The molecular weight excluding hydrogens is 504 g/mol. The highest BCUT2D eigenvalue weighted by molar-refractivity contribution is 5.86. The smallest absolute Gasteiger partial charge is 0.410 e. The fraction of sp³-hybridized carbons (Fsp3) is 0.767. The van der Waals surface area contributed by atoms with E-state index in [9.17, 15) is 10.1 Å². The number of amides is 1. The number of imidazole rings is 1. The predicted molar refractivity (Wildman–Crippen MR) is 156 cm³/mol. The van der Waals surface area contributed by atoms with E-state index in [1.165, 1.54) is 44.9 Å². The maximum Gasteiger partial charge on any atom is 0.410 e. The number of ether oxygens (including phenoxy) is 1. The Balaban J connectivity index is 1.50. The van der Waals surface area contributed by atoms with Crippen molar-refractivity contribution in [3.8, 4) is 6.07 Å². The molecule has 3 heterocycles. The number of hydrogen-bond donors (Lipinski definition) is 1. The van der Waals surface area contributed by atoms with Gasteiger partial charge in [0.15, 0.2) is 11.5 Å². The van der Waals surface area contributed by atoms with Crippen LogP contribution in [-0.4, -0.2) is 67.8 Å². The summed E-state index contributed by atoms with van der Waals surface area (Å²) in [7, 11) is 0. The Morgan fingerprint density at radius 1 is 1.10 bits per heavy atom. The van der Waals surface area contributed by atoms with E-state index in [1.54, 1.807) is 4.90 Å². The molecule has 3 fully saturated rings. The summed E-state index contributed by atoms with van der Waals surface area (Å²) in [5, 5.41) is 13.4. The van der Waals surface area contributed by atoms with Gasteiger partial charge in [0.05, 0.1) is 0 Å². The van der Waals surface area contributed by atoms with E-state index in [4.69, 9.17) is 9.72 Å². The largest absolute Gasteiger partial charge is 0.444 e. The molecule has 2 aromatic rings. The van der Waals surface area contributed by atoms with Gasteiger partial charge in [0.1, 0.15) is 17.2 Å². The van der Waals surface area contributed by atoms with Crippen LogP contribution in [-0.2, 0) is 11.3 Å². The van der Waals surface area contributed by atoms with Crippen molar-refractivity contribution in [3.05, 3.63) is 5.82 Å². The van der Waals surface area contributed by atoms with Crippen LogP contribution in [0.25, 0.3) is 11.2 Å². The minimum atomic E-state index is -0.528. The Hall–Kier alpha value is -3.09. The van der Waals surface area contributed by atoms with Crippen molar-refractivity contribution in [1.29, 1.82) is 5.26 Å². The maximum absolute atomic E-state index is 12.8. The summed E-state index contributed by atoms with van der Waals surface area (Å²) in [5.41, 5.74) is 0.927. The van der Waals surface area contributed by atoms with E-state index < -0.39 is 5.60 Å². The van der Waals surface area contributed by atoms with Gasteiger partial charge in [-0.2, -0.15) is 20.2 Å². The van der Waals surface area contributed by atoms with Crippen molar-refractivity contribution in [2.24, 2.45) is 17.8 Å². The number of anilines is 2. The van der Waals surface area contributed by atoms with Crippen LogP contribution in [0.5, 0.6) is 0 Å². The van der Waals surface area contributed by atoms with Gasteiger partial charge in [-0.25, -0.2) is 4.79 Å². The van der Waals surface area contributed by atoms with Gasteiger partial charge in [0, 0.05) is 38.3 Å². The summed E-state index contributed by atoms with van der Waals surface area (Å²) in [4.78, 5) is 31.2. The quantitative estimate of drug-likeness (QED) is 0.497. The summed E-state index contributed by atoms with van der Waals surface area (Å²) in [6.07, 6.45) is 8.32. The lowest BCUT2D eigenvalue weighted by atomic mass is 9.80.